The second-order valence-corrected chi connectivity index (χ2v) is 5.41. The lowest BCUT2D eigenvalue weighted by Crippen LogP contribution is -2.18. The summed E-state index contributed by atoms with van der Waals surface area (Å²) < 4.78 is 9.65. The number of nitrogens with zero attached hydrogens (tertiary/aromatic N) is 2. The van der Waals surface area contributed by atoms with Gasteiger partial charge in [0.1, 0.15) is 5.75 Å². The fraction of sp³-hybridized carbons (Fsp3) is 0.429. The van der Waals surface area contributed by atoms with Gasteiger partial charge >= 0.3 is 0 Å². The van der Waals surface area contributed by atoms with Gasteiger partial charge in [0.25, 0.3) is 0 Å². The highest BCUT2D eigenvalue weighted by atomic mass is 32.1. The molecule has 4 nitrogen and oxygen atoms in total. The topological polar surface area (TPSA) is 47.0 Å². The van der Waals surface area contributed by atoms with Crippen molar-refractivity contribution in [2.24, 2.45) is 0 Å². The predicted molar refractivity (Wildman–Crippen MR) is 75.8 cm³/mol. The van der Waals surface area contributed by atoms with Crippen molar-refractivity contribution < 1.29 is 4.74 Å². The van der Waals surface area contributed by atoms with Gasteiger partial charge in [0.05, 0.1) is 23.2 Å². The van der Waals surface area contributed by atoms with Gasteiger partial charge in [-0.3, -0.25) is 0 Å². The molecule has 0 saturated heterocycles. The smallest absolute Gasteiger partial charge is 0.122 e. The van der Waals surface area contributed by atoms with E-state index < -0.39 is 0 Å². The maximum absolute atomic E-state index is 5.56. The van der Waals surface area contributed by atoms with Gasteiger partial charge in [-0.25, -0.2) is 0 Å². The molecule has 1 atom stereocenters. The predicted octanol–water partition coefficient (Wildman–Crippen LogP) is 2.34. The summed E-state index contributed by atoms with van der Waals surface area (Å²) in [5, 5.41) is 7.58. The summed E-state index contributed by atoms with van der Waals surface area (Å²) in [7, 11) is 1.98. The summed E-state index contributed by atoms with van der Waals surface area (Å²) in [5.41, 5.74) is 3.64. The number of aromatic nitrogens is 2. The average Bonchev–Trinajstić information content (AvgIpc) is 3.07. The van der Waals surface area contributed by atoms with Gasteiger partial charge in [0, 0.05) is 6.42 Å². The minimum atomic E-state index is 0.167. The largest absolute Gasteiger partial charge is 0.493 e. The zero-order valence-corrected chi connectivity index (χ0v) is 12.0. The van der Waals surface area contributed by atoms with Crippen LogP contribution in [-0.2, 0) is 12.8 Å². The van der Waals surface area contributed by atoms with E-state index >= 15 is 0 Å². The highest BCUT2D eigenvalue weighted by molar-refractivity contribution is 7.05. The fourth-order valence-electron chi connectivity index (χ4n) is 2.52. The van der Waals surface area contributed by atoms with Crippen LogP contribution in [-0.4, -0.2) is 23.2 Å². The standard InChI is InChI=1S/C14H17N3OS/c1-3-11-14(19-17-16-11)13(15-2)10-4-5-12-9(8-10)6-7-18-12/h4-5,8,13,15H,3,6-7H2,1-2H3. The lowest BCUT2D eigenvalue weighted by molar-refractivity contribution is 0.357. The van der Waals surface area contributed by atoms with E-state index in [4.69, 9.17) is 4.74 Å². The third-order valence-corrected chi connectivity index (χ3v) is 4.35. The van der Waals surface area contributed by atoms with Crippen molar-refractivity contribution in [1.82, 2.24) is 14.9 Å². The number of rotatable bonds is 4. The van der Waals surface area contributed by atoms with Crippen molar-refractivity contribution in [3.63, 3.8) is 0 Å². The SMILES string of the molecule is CCc1nnsc1C(NC)c1ccc2c(c1)CCO2. The molecule has 0 saturated carbocycles. The zero-order valence-electron chi connectivity index (χ0n) is 11.1. The molecule has 1 aliphatic heterocycles. The maximum Gasteiger partial charge on any atom is 0.122 e. The van der Waals surface area contributed by atoms with Crippen molar-refractivity contribution >= 4 is 11.5 Å². The highest BCUT2D eigenvalue weighted by Gasteiger charge is 2.21. The van der Waals surface area contributed by atoms with Gasteiger partial charge in [-0.05, 0) is 42.2 Å². The van der Waals surface area contributed by atoms with Crippen molar-refractivity contribution in [3.05, 3.63) is 39.9 Å². The highest BCUT2D eigenvalue weighted by Crippen LogP contribution is 2.32. The van der Waals surface area contributed by atoms with E-state index in [1.54, 1.807) is 0 Å². The number of benzene rings is 1. The molecule has 0 radical (unpaired) electrons. The van der Waals surface area contributed by atoms with Gasteiger partial charge in [-0.15, -0.1) is 5.10 Å². The molecule has 5 heteroatoms. The summed E-state index contributed by atoms with van der Waals surface area (Å²) in [4.78, 5) is 1.21. The summed E-state index contributed by atoms with van der Waals surface area (Å²) in [6.45, 7) is 2.91. The van der Waals surface area contributed by atoms with Gasteiger partial charge in [0.2, 0.25) is 0 Å². The van der Waals surface area contributed by atoms with Gasteiger partial charge in [-0.1, -0.05) is 23.5 Å². The monoisotopic (exact) mass is 275 g/mol. The Balaban J connectivity index is 1.98. The third-order valence-electron chi connectivity index (χ3n) is 3.52. The van der Waals surface area contributed by atoms with Crippen LogP contribution in [0.1, 0.15) is 34.7 Å². The Morgan fingerprint density at radius 1 is 1.47 bits per heavy atom. The van der Waals surface area contributed by atoms with Gasteiger partial charge in [0.15, 0.2) is 0 Å². The van der Waals surface area contributed by atoms with Crippen LogP contribution in [0.2, 0.25) is 0 Å². The van der Waals surface area contributed by atoms with Crippen LogP contribution in [0.25, 0.3) is 0 Å². The van der Waals surface area contributed by atoms with E-state index in [-0.39, 0.29) is 6.04 Å². The van der Waals surface area contributed by atoms with Crippen LogP contribution in [0.3, 0.4) is 0 Å². The lowest BCUT2D eigenvalue weighted by Gasteiger charge is -2.16. The molecule has 2 aromatic rings. The molecular formula is C14H17N3OS. The molecule has 1 unspecified atom stereocenters. The first kappa shape index (κ1) is 12.6. The van der Waals surface area contributed by atoms with Crippen LogP contribution in [0.15, 0.2) is 18.2 Å². The fourth-order valence-corrected chi connectivity index (χ4v) is 3.39. The van der Waals surface area contributed by atoms with Crippen LogP contribution in [0.4, 0.5) is 0 Å². The van der Waals surface area contributed by atoms with E-state index in [1.807, 2.05) is 7.05 Å². The molecule has 0 bridgehead atoms. The minimum absolute atomic E-state index is 0.167. The van der Waals surface area contributed by atoms with Gasteiger partial charge in [-0.2, -0.15) is 0 Å². The molecule has 0 fully saturated rings. The zero-order chi connectivity index (χ0) is 13.2. The average molecular weight is 275 g/mol. The van der Waals surface area contributed by atoms with Crippen molar-refractivity contribution in [2.75, 3.05) is 13.7 Å². The number of ether oxygens (including phenoxy) is 1. The van der Waals surface area contributed by atoms with Crippen LogP contribution in [0, 0.1) is 0 Å². The van der Waals surface area contributed by atoms with Crippen molar-refractivity contribution in [3.8, 4) is 5.75 Å². The summed E-state index contributed by atoms with van der Waals surface area (Å²) in [5.74, 6) is 1.02. The molecule has 3 rings (SSSR count). The molecule has 100 valence electrons. The van der Waals surface area contributed by atoms with Crippen LogP contribution < -0.4 is 10.1 Å². The Kier molecular flexibility index (Phi) is 3.48. The van der Waals surface area contributed by atoms with E-state index in [9.17, 15) is 0 Å². The minimum Gasteiger partial charge on any atom is -0.493 e. The molecule has 1 N–H and O–H groups in total. The first-order valence-electron chi connectivity index (χ1n) is 6.57. The normalized spacial score (nSPS) is 15.1. The van der Waals surface area contributed by atoms with Gasteiger partial charge < -0.3 is 10.1 Å². The summed E-state index contributed by atoms with van der Waals surface area (Å²) in [6.07, 6.45) is 1.92. The quantitative estimate of drug-likeness (QED) is 0.930. The molecule has 1 aromatic carbocycles. The van der Waals surface area contributed by atoms with Crippen LogP contribution >= 0.6 is 11.5 Å². The maximum atomic E-state index is 5.56. The summed E-state index contributed by atoms with van der Waals surface area (Å²) >= 11 is 1.48. The molecule has 1 aliphatic rings. The number of aryl methyl sites for hydroxylation is 1. The summed E-state index contributed by atoms with van der Waals surface area (Å²) in [6, 6.07) is 6.61. The molecule has 19 heavy (non-hydrogen) atoms. The van der Waals surface area contributed by atoms with Crippen LogP contribution in [0.5, 0.6) is 5.75 Å². The molecule has 0 aliphatic carbocycles. The van der Waals surface area contributed by atoms with E-state index in [0.29, 0.717) is 0 Å². The van der Waals surface area contributed by atoms with Crippen molar-refractivity contribution in [1.29, 1.82) is 0 Å². The Labute approximate surface area is 117 Å². The molecule has 0 spiro atoms. The molecule has 2 heterocycles. The number of nitrogens with one attached hydrogen (secondary N) is 1. The number of fused-ring (bicyclic) bond motifs is 1. The lowest BCUT2D eigenvalue weighted by atomic mass is 10.0. The molecular weight excluding hydrogens is 258 g/mol. The van der Waals surface area contributed by atoms with Crippen molar-refractivity contribution in [2.45, 2.75) is 25.8 Å². The first-order chi connectivity index (χ1) is 9.33. The second kappa shape index (κ2) is 5.27. The molecule has 0 amide bonds. The molecule has 1 aromatic heterocycles. The van der Waals surface area contributed by atoms with E-state index in [2.05, 4.69) is 40.0 Å². The first-order valence-corrected chi connectivity index (χ1v) is 7.34. The number of hydrogen-bond acceptors (Lipinski definition) is 5. The second-order valence-electron chi connectivity index (χ2n) is 4.62. The third kappa shape index (κ3) is 2.24. The Morgan fingerprint density at radius 3 is 3.16 bits per heavy atom. The Bertz CT molecular complexity index is 582. The Hall–Kier alpha value is -1.46. The number of hydrogen-bond donors (Lipinski definition) is 1. The van der Waals surface area contributed by atoms with E-state index in [0.717, 1.165) is 30.9 Å². The van der Waals surface area contributed by atoms with E-state index in [1.165, 1.54) is 27.5 Å². The Morgan fingerprint density at radius 2 is 2.37 bits per heavy atom.